The van der Waals surface area contributed by atoms with Crippen LogP contribution in [0.5, 0.6) is 0 Å². The predicted octanol–water partition coefficient (Wildman–Crippen LogP) is 0.841. The highest BCUT2D eigenvalue weighted by Crippen LogP contribution is 2.19. The molecule has 1 atom stereocenters. The van der Waals surface area contributed by atoms with Gasteiger partial charge in [-0.2, -0.15) is 0 Å². The molecule has 4 nitrogen and oxygen atoms in total. The highest BCUT2D eigenvalue weighted by molar-refractivity contribution is 7.11. The Morgan fingerprint density at radius 1 is 1.79 bits per heavy atom. The quantitative estimate of drug-likeness (QED) is 0.761. The third-order valence-electron chi connectivity index (χ3n) is 1.87. The maximum Gasteiger partial charge on any atom is 0.231 e. The van der Waals surface area contributed by atoms with Crippen LogP contribution in [0.3, 0.4) is 0 Å². The molecule has 0 spiro atoms. The molecule has 0 aliphatic carbocycles. The van der Waals surface area contributed by atoms with Crippen molar-refractivity contribution < 1.29 is 4.79 Å². The summed E-state index contributed by atoms with van der Waals surface area (Å²) < 4.78 is 0. The second-order valence-corrected chi connectivity index (χ2v) is 4.23. The van der Waals surface area contributed by atoms with Crippen LogP contribution in [0.1, 0.15) is 29.8 Å². The van der Waals surface area contributed by atoms with E-state index < -0.39 is 0 Å². The molecule has 0 fully saturated rings. The summed E-state index contributed by atoms with van der Waals surface area (Å²) in [5, 5.41) is 4.01. The van der Waals surface area contributed by atoms with E-state index >= 15 is 0 Å². The van der Waals surface area contributed by atoms with Gasteiger partial charge in [0.15, 0.2) is 0 Å². The van der Waals surface area contributed by atoms with Crippen molar-refractivity contribution in [3.8, 4) is 0 Å². The van der Waals surface area contributed by atoms with Crippen molar-refractivity contribution in [2.24, 2.45) is 5.73 Å². The number of aromatic nitrogens is 1. The molecule has 14 heavy (non-hydrogen) atoms. The minimum Gasteiger partial charge on any atom is -0.369 e. The monoisotopic (exact) mass is 213 g/mol. The smallest absolute Gasteiger partial charge is 0.231 e. The van der Waals surface area contributed by atoms with Crippen molar-refractivity contribution in [3.63, 3.8) is 0 Å². The summed E-state index contributed by atoms with van der Waals surface area (Å²) in [6.07, 6.45) is 2.88. The maximum atomic E-state index is 10.5. The lowest BCUT2D eigenvalue weighted by atomic mass is 10.3. The molecule has 1 unspecified atom stereocenters. The fourth-order valence-corrected chi connectivity index (χ4v) is 1.91. The van der Waals surface area contributed by atoms with E-state index in [1.807, 2.05) is 13.1 Å². The fraction of sp³-hybridized carbons (Fsp3) is 0.556. The van der Waals surface area contributed by atoms with E-state index in [4.69, 9.17) is 5.73 Å². The molecule has 1 aromatic rings. The van der Waals surface area contributed by atoms with Crippen molar-refractivity contribution in [3.05, 3.63) is 16.1 Å². The Balaban J connectivity index is 2.51. The zero-order chi connectivity index (χ0) is 10.6. The van der Waals surface area contributed by atoms with E-state index in [0.717, 1.165) is 11.4 Å². The van der Waals surface area contributed by atoms with Gasteiger partial charge in [0.2, 0.25) is 5.91 Å². The summed E-state index contributed by atoms with van der Waals surface area (Å²) in [6.45, 7) is 4.27. The molecule has 0 aromatic carbocycles. The van der Waals surface area contributed by atoms with Gasteiger partial charge in [0.05, 0.1) is 12.6 Å². The molecule has 0 aliphatic heterocycles. The van der Waals surface area contributed by atoms with Gasteiger partial charge in [-0.15, -0.1) is 11.3 Å². The Morgan fingerprint density at radius 2 is 2.50 bits per heavy atom. The summed E-state index contributed by atoms with van der Waals surface area (Å²) in [4.78, 5) is 16.1. The molecule has 3 N–H and O–H groups in total. The lowest BCUT2D eigenvalue weighted by molar-refractivity contribution is -0.117. The number of amides is 1. The number of aryl methyl sites for hydroxylation is 1. The van der Waals surface area contributed by atoms with Crippen LogP contribution in [-0.4, -0.2) is 17.4 Å². The molecular weight excluding hydrogens is 198 g/mol. The van der Waals surface area contributed by atoms with Crippen LogP contribution in [0.4, 0.5) is 0 Å². The lowest BCUT2D eigenvalue weighted by Crippen LogP contribution is -2.30. The molecule has 0 saturated carbocycles. The first-order valence-electron chi connectivity index (χ1n) is 4.59. The number of carbonyl (C=O) groups is 1. The van der Waals surface area contributed by atoms with Crippen LogP contribution in [0.2, 0.25) is 0 Å². The van der Waals surface area contributed by atoms with Gasteiger partial charge in [-0.25, -0.2) is 4.98 Å². The number of primary amides is 1. The second-order valence-electron chi connectivity index (χ2n) is 3.09. The average Bonchev–Trinajstić information content (AvgIpc) is 2.62. The van der Waals surface area contributed by atoms with Crippen molar-refractivity contribution in [2.75, 3.05) is 6.54 Å². The Bertz CT molecular complexity index is 311. The standard InChI is InChI=1S/C9H15N3OS/c1-3-7-4-12-9(14-7)6(2)11-5-8(10)13/h4,6,11H,3,5H2,1-2H3,(H2,10,13). The number of carbonyl (C=O) groups excluding carboxylic acids is 1. The molecule has 1 rings (SSSR count). The van der Waals surface area contributed by atoms with E-state index in [1.54, 1.807) is 11.3 Å². The molecule has 5 heteroatoms. The minimum absolute atomic E-state index is 0.0906. The Kier molecular flexibility index (Phi) is 4.03. The fourth-order valence-electron chi connectivity index (χ4n) is 1.03. The van der Waals surface area contributed by atoms with Gasteiger partial charge in [0.1, 0.15) is 5.01 Å². The molecule has 1 heterocycles. The minimum atomic E-state index is -0.343. The van der Waals surface area contributed by atoms with Crippen LogP contribution < -0.4 is 11.1 Å². The number of nitrogens with one attached hydrogen (secondary N) is 1. The number of hydrogen-bond acceptors (Lipinski definition) is 4. The van der Waals surface area contributed by atoms with Crippen LogP contribution in [-0.2, 0) is 11.2 Å². The number of nitrogens with zero attached hydrogens (tertiary/aromatic N) is 1. The third-order valence-corrected chi connectivity index (χ3v) is 3.20. The zero-order valence-corrected chi connectivity index (χ0v) is 9.23. The van der Waals surface area contributed by atoms with E-state index in [-0.39, 0.29) is 18.5 Å². The van der Waals surface area contributed by atoms with Crippen LogP contribution in [0.15, 0.2) is 6.20 Å². The molecule has 0 bridgehead atoms. The van der Waals surface area contributed by atoms with Crippen LogP contribution >= 0.6 is 11.3 Å². The molecule has 1 aromatic heterocycles. The number of rotatable bonds is 5. The van der Waals surface area contributed by atoms with E-state index in [0.29, 0.717) is 0 Å². The molecule has 78 valence electrons. The Labute approximate surface area is 87.5 Å². The van der Waals surface area contributed by atoms with Crippen LogP contribution in [0.25, 0.3) is 0 Å². The SMILES string of the molecule is CCc1cnc(C(C)NCC(N)=O)s1. The summed E-state index contributed by atoms with van der Waals surface area (Å²) in [7, 11) is 0. The summed E-state index contributed by atoms with van der Waals surface area (Å²) in [5.74, 6) is -0.343. The highest BCUT2D eigenvalue weighted by atomic mass is 32.1. The number of nitrogens with two attached hydrogens (primary N) is 1. The Hall–Kier alpha value is -0.940. The molecule has 0 saturated heterocycles. The first-order valence-corrected chi connectivity index (χ1v) is 5.41. The summed E-state index contributed by atoms with van der Waals surface area (Å²) >= 11 is 1.67. The Morgan fingerprint density at radius 3 is 3.00 bits per heavy atom. The van der Waals surface area contributed by atoms with Gasteiger partial charge in [-0.05, 0) is 13.3 Å². The first-order chi connectivity index (χ1) is 6.63. The normalized spacial score (nSPS) is 12.7. The van der Waals surface area contributed by atoms with Gasteiger partial charge in [0, 0.05) is 11.1 Å². The molecular formula is C9H15N3OS. The van der Waals surface area contributed by atoms with Crippen molar-refractivity contribution in [1.29, 1.82) is 0 Å². The van der Waals surface area contributed by atoms with Gasteiger partial charge < -0.3 is 5.73 Å². The summed E-state index contributed by atoms with van der Waals surface area (Å²) in [6, 6.07) is 0.0906. The number of thiazole rings is 1. The topological polar surface area (TPSA) is 68.0 Å². The highest BCUT2D eigenvalue weighted by Gasteiger charge is 2.09. The van der Waals surface area contributed by atoms with Gasteiger partial charge in [-0.1, -0.05) is 6.92 Å². The van der Waals surface area contributed by atoms with Crippen LogP contribution in [0, 0.1) is 0 Å². The van der Waals surface area contributed by atoms with Crippen molar-refractivity contribution >= 4 is 17.2 Å². The second kappa shape index (κ2) is 5.07. The van der Waals surface area contributed by atoms with Gasteiger partial charge in [0.25, 0.3) is 0 Å². The maximum absolute atomic E-state index is 10.5. The van der Waals surface area contributed by atoms with Gasteiger partial charge >= 0.3 is 0 Å². The molecule has 1 amide bonds. The van der Waals surface area contributed by atoms with E-state index in [2.05, 4.69) is 17.2 Å². The largest absolute Gasteiger partial charge is 0.369 e. The first kappa shape index (κ1) is 11.1. The van der Waals surface area contributed by atoms with Crippen molar-refractivity contribution in [1.82, 2.24) is 10.3 Å². The number of hydrogen-bond donors (Lipinski definition) is 2. The molecule has 0 aliphatic rings. The van der Waals surface area contributed by atoms with E-state index in [1.165, 1.54) is 4.88 Å². The molecule has 0 radical (unpaired) electrons. The average molecular weight is 213 g/mol. The zero-order valence-electron chi connectivity index (χ0n) is 8.41. The van der Waals surface area contributed by atoms with E-state index in [9.17, 15) is 4.79 Å². The predicted molar refractivity (Wildman–Crippen MR) is 57.1 cm³/mol. The van der Waals surface area contributed by atoms with Gasteiger partial charge in [-0.3, -0.25) is 10.1 Å². The van der Waals surface area contributed by atoms with Crippen molar-refractivity contribution in [2.45, 2.75) is 26.3 Å². The summed E-state index contributed by atoms with van der Waals surface area (Å²) in [5.41, 5.74) is 5.03. The third kappa shape index (κ3) is 3.08. The lowest BCUT2D eigenvalue weighted by Gasteiger charge is -2.08.